The molecule has 4 rings (SSSR count). The van der Waals surface area contributed by atoms with Crippen molar-refractivity contribution in [3.63, 3.8) is 0 Å². The second-order valence-corrected chi connectivity index (χ2v) is 7.08. The van der Waals surface area contributed by atoms with Crippen molar-refractivity contribution in [2.75, 3.05) is 6.54 Å². The Morgan fingerprint density at radius 1 is 1.00 bits per heavy atom. The molecule has 1 aliphatic heterocycles. The summed E-state index contributed by atoms with van der Waals surface area (Å²) in [5.74, 6) is 0. The van der Waals surface area contributed by atoms with Crippen LogP contribution in [0.4, 0.5) is 0 Å². The number of aromatic nitrogens is 1. The fourth-order valence-corrected chi connectivity index (χ4v) is 3.80. The topological polar surface area (TPSA) is 27.8 Å². The Hall–Kier alpha value is -1.10. The zero-order valence-electron chi connectivity index (χ0n) is 11.3. The van der Waals surface area contributed by atoms with Gasteiger partial charge in [0.2, 0.25) is 0 Å². The van der Waals surface area contributed by atoms with Crippen LogP contribution < -0.4 is 5.32 Å². The van der Waals surface area contributed by atoms with Gasteiger partial charge >= 0.3 is 0 Å². The van der Waals surface area contributed by atoms with Crippen LogP contribution in [0.2, 0.25) is 0 Å². The second kappa shape index (κ2) is 5.27. The average Bonchev–Trinajstić information content (AvgIpc) is 2.89. The zero-order chi connectivity index (χ0) is 14.4. The SMILES string of the molecule is Brc1ccc(C2NCCc3c2[nH]c2ccccc32)cc1Br. The number of rotatable bonds is 1. The van der Waals surface area contributed by atoms with Crippen LogP contribution >= 0.6 is 31.9 Å². The van der Waals surface area contributed by atoms with Crippen LogP contribution in [-0.4, -0.2) is 11.5 Å². The van der Waals surface area contributed by atoms with Crippen LogP contribution in [-0.2, 0) is 6.42 Å². The highest BCUT2D eigenvalue weighted by molar-refractivity contribution is 9.13. The summed E-state index contributed by atoms with van der Waals surface area (Å²) in [7, 11) is 0. The van der Waals surface area contributed by atoms with E-state index in [2.05, 4.69) is 84.6 Å². The van der Waals surface area contributed by atoms with E-state index in [1.807, 2.05) is 0 Å². The number of halogens is 2. The first-order valence-electron chi connectivity index (χ1n) is 7.02. The van der Waals surface area contributed by atoms with Gasteiger partial charge in [-0.15, -0.1) is 0 Å². The van der Waals surface area contributed by atoms with Crippen molar-refractivity contribution in [2.24, 2.45) is 0 Å². The lowest BCUT2D eigenvalue weighted by atomic mass is 9.94. The van der Waals surface area contributed by atoms with E-state index in [-0.39, 0.29) is 6.04 Å². The molecule has 2 aromatic carbocycles. The number of nitrogens with one attached hydrogen (secondary N) is 2. The molecule has 0 saturated heterocycles. The predicted molar refractivity (Wildman–Crippen MR) is 93.7 cm³/mol. The van der Waals surface area contributed by atoms with Gasteiger partial charge in [-0.1, -0.05) is 24.3 Å². The number of hydrogen-bond acceptors (Lipinski definition) is 1. The average molecular weight is 406 g/mol. The molecule has 0 amide bonds. The Labute approximate surface area is 140 Å². The summed E-state index contributed by atoms with van der Waals surface area (Å²) in [5.41, 5.74) is 5.26. The lowest BCUT2D eigenvalue weighted by Crippen LogP contribution is -2.30. The first-order valence-corrected chi connectivity index (χ1v) is 8.60. The van der Waals surface area contributed by atoms with E-state index in [4.69, 9.17) is 0 Å². The zero-order valence-corrected chi connectivity index (χ0v) is 14.5. The van der Waals surface area contributed by atoms with E-state index in [0.29, 0.717) is 0 Å². The number of fused-ring (bicyclic) bond motifs is 3. The van der Waals surface area contributed by atoms with Crippen LogP contribution in [0.15, 0.2) is 51.4 Å². The molecular weight excluding hydrogens is 392 g/mol. The Balaban J connectivity index is 1.88. The minimum Gasteiger partial charge on any atom is -0.357 e. The summed E-state index contributed by atoms with van der Waals surface area (Å²) in [5, 5.41) is 4.99. The quantitative estimate of drug-likeness (QED) is 0.590. The highest BCUT2D eigenvalue weighted by atomic mass is 79.9. The molecule has 0 radical (unpaired) electrons. The normalized spacial score (nSPS) is 17.9. The standard InChI is InChI=1S/C17H14Br2N2/c18-13-6-5-10(9-14(13)19)16-17-12(7-8-20-16)11-3-1-2-4-15(11)21-17/h1-6,9,16,20-21H,7-8H2. The maximum atomic E-state index is 3.63. The lowest BCUT2D eigenvalue weighted by molar-refractivity contribution is 0.560. The first kappa shape index (κ1) is 13.6. The van der Waals surface area contributed by atoms with Gasteiger partial charge in [0.05, 0.1) is 6.04 Å². The molecule has 1 aromatic heterocycles. The molecule has 2 N–H and O–H groups in total. The molecule has 4 heteroatoms. The molecular formula is C17H14Br2N2. The first-order chi connectivity index (χ1) is 10.2. The van der Waals surface area contributed by atoms with Crippen LogP contribution in [0.3, 0.4) is 0 Å². The Bertz CT molecular complexity index is 823. The molecule has 0 spiro atoms. The van der Waals surface area contributed by atoms with Crippen molar-refractivity contribution < 1.29 is 0 Å². The van der Waals surface area contributed by atoms with Crippen LogP contribution in [0.25, 0.3) is 10.9 Å². The summed E-state index contributed by atoms with van der Waals surface area (Å²) < 4.78 is 2.17. The fraction of sp³-hybridized carbons (Fsp3) is 0.176. The van der Waals surface area contributed by atoms with Crippen LogP contribution in [0.5, 0.6) is 0 Å². The van der Waals surface area contributed by atoms with E-state index in [1.54, 1.807) is 0 Å². The summed E-state index contributed by atoms with van der Waals surface area (Å²) in [6.45, 7) is 1.01. The van der Waals surface area contributed by atoms with E-state index in [0.717, 1.165) is 21.9 Å². The molecule has 21 heavy (non-hydrogen) atoms. The van der Waals surface area contributed by atoms with Crippen molar-refractivity contribution in [3.8, 4) is 0 Å². The summed E-state index contributed by atoms with van der Waals surface area (Å²) in [4.78, 5) is 3.61. The van der Waals surface area contributed by atoms with E-state index < -0.39 is 0 Å². The minimum absolute atomic E-state index is 0.227. The summed E-state index contributed by atoms with van der Waals surface area (Å²) in [6.07, 6.45) is 1.08. The maximum absolute atomic E-state index is 3.63. The Kier molecular flexibility index (Phi) is 3.40. The number of para-hydroxylation sites is 1. The van der Waals surface area contributed by atoms with Gasteiger partial charge in [-0.3, -0.25) is 0 Å². The van der Waals surface area contributed by atoms with Gasteiger partial charge in [0.15, 0.2) is 0 Å². The minimum atomic E-state index is 0.227. The number of aromatic amines is 1. The highest BCUT2D eigenvalue weighted by Crippen LogP contribution is 2.35. The molecule has 1 unspecified atom stereocenters. The molecule has 0 bridgehead atoms. The van der Waals surface area contributed by atoms with Crippen molar-refractivity contribution in [1.29, 1.82) is 0 Å². The van der Waals surface area contributed by atoms with Gasteiger partial charge < -0.3 is 10.3 Å². The molecule has 1 aliphatic rings. The molecule has 2 nitrogen and oxygen atoms in total. The van der Waals surface area contributed by atoms with Crippen molar-refractivity contribution in [3.05, 3.63) is 68.2 Å². The molecule has 0 saturated carbocycles. The molecule has 0 aliphatic carbocycles. The van der Waals surface area contributed by atoms with Gasteiger partial charge in [0.25, 0.3) is 0 Å². The molecule has 2 heterocycles. The number of benzene rings is 2. The third-order valence-electron chi connectivity index (χ3n) is 4.14. The van der Waals surface area contributed by atoms with E-state index in [1.165, 1.54) is 27.7 Å². The van der Waals surface area contributed by atoms with Crippen molar-refractivity contribution >= 4 is 42.8 Å². The molecule has 3 aromatic rings. The van der Waals surface area contributed by atoms with Crippen LogP contribution in [0.1, 0.15) is 22.9 Å². The number of hydrogen-bond donors (Lipinski definition) is 2. The highest BCUT2D eigenvalue weighted by Gasteiger charge is 2.25. The van der Waals surface area contributed by atoms with Crippen LogP contribution in [0, 0.1) is 0 Å². The molecule has 1 atom stereocenters. The lowest BCUT2D eigenvalue weighted by Gasteiger charge is -2.25. The monoisotopic (exact) mass is 404 g/mol. The summed E-state index contributed by atoms with van der Waals surface area (Å²) >= 11 is 7.14. The predicted octanol–water partition coefficient (Wildman–Crippen LogP) is 4.93. The van der Waals surface area contributed by atoms with Gasteiger partial charge in [0, 0.05) is 32.1 Å². The Morgan fingerprint density at radius 3 is 2.71 bits per heavy atom. The third-order valence-corrected chi connectivity index (χ3v) is 6.02. The van der Waals surface area contributed by atoms with Gasteiger partial charge in [0.1, 0.15) is 0 Å². The van der Waals surface area contributed by atoms with Crippen molar-refractivity contribution in [1.82, 2.24) is 10.3 Å². The Morgan fingerprint density at radius 2 is 1.86 bits per heavy atom. The van der Waals surface area contributed by atoms with E-state index >= 15 is 0 Å². The fourth-order valence-electron chi connectivity index (χ4n) is 3.16. The molecule has 106 valence electrons. The number of H-pyrrole nitrogens is 1. The third kappa shape index (κ3) is 2.26. The van der Waals surface area contributed by atoms with E-state index in [9.17, 15) is 0 Å². The smallest absolute Gasteiger partial charge is 0.0732 e. The second-order valence-electron chi connectivity index (χ2n) is 5.37. The van der Waals surface area contributed by atoms with Gasteiger partial charge in [-0.25, -0.2) is 0 Å². The van der Waals surface area contributed by atoms with Gasteiger partial charge in [-0.05, 0) is 67.6 Å². The van der Waals surface area contributed by atoms with Crippen molar-refractivity contribution in [2.45, 2.75) is 12.5 Å². The maximum Gasteiger partial charge on any atom is 0.0732 e. The summed E-state index contributed by atoms with van der Waals surface area (Å²) in [6, 6.07) is 15.2. The molecule has 0 fully saturated rings. The largest absolute Gasteiger partial charge is 0.357 e. The van der Waals surface area contributed by atoms with Gasteiger partial charge in [-0.2, -0.15) is 0 Å².